The molecule has 0 aliphatic rings. The van der Waals surface area contributed by atoms with Crippen LogP contribution in [0.2, 0.25) is 5.02 Å². The number of nitrogens with one attached hydrogen (secondary N) is 2. The Hall–Kier alpha value is -2.40. The molecule has 2 N–H and O–H groups in total. The lowest BCUT2D eigenvalue weighted by Gasteiger charge is -2.18. The zero-order valence-corrected chi connectivity index (χ0v) is 14.0. The summed E-state index contributed by atoms with van der Waals surface area (Å²) < 4.78 is 10.5. The van der Waals surface area contributed by atoms with E-state index in [0.717, 1.165) is 0 Å². The van der Waals surface area contributed by atoms with E-state index < -0.39 is 6.04 Å². The number of anilines is 2. The van der Waals surface area contributed by atoms with Crippen LogP contribution in [0, 0.1) is 0 Å². The molecule has 0 saturated carbocycles. The molecule has 0 heterocycles. The van der Waals surface area contributed by atoms with Crippen LogP contribution in [0.1, 0.15) is 6.92 Å². The highest BCUT2D eigenvalue weighted by Gasteiger charge is 2.15. The highest BCUT2D eigenvalue weighted by atomic mass is 35.5. The number of rotatable bonds is 6. The third kappa shape index (κ3) is 4.53. The van der Waals surface area contributed by atoms with Gasteiger partial charge in [0.1, 0.15) is 17.5 Å². The summed E-state index contributed by atoms with van der Waals surface area (Å²) >= 11 is 5.91. The number of halogens is 1. The molecule has 0 spiro atoms. The first-order chi connectivity index (χ1) is 11.0. The first kappa shape index (κ1) is 17.0. The van der Waals surface area contributed by atoms with Crippen molar-refractivity contribution in [3.05, 3.63) is 47.5 Å². The Morgan fingerprint density at radius 1 is 1.13 bits per heavy atom. The van der Waals surface area contributed by atoms with E-state index in [-0.39, 0.29) is 5.91 Å². The molecule has 0 fully saturated rings. The van der Waals surface area contributed by atoms with Crippen molar-refractivity contribution in [1.29, 1.82) is 0 Å². The Kier molecular flexibility index (Phi) is 5.71. The van der Waals surface area contributed by atoms with E-state index in [1.807, 2.05) is 0 Å². The zero-order valence-electron chi connectivity index (χ0n) is 13.2. The van der Waals surface area contributed by atoms with Crippen molar-refractivity contribution in [2.45, 2.75) is 13.0 Å². The Labute approximate surface area is 140 Å². The second-order valence-electron chi connectivity index (χ2n) is 4.93. The predicted molar refractivity (Wildman–Crippen MR) is 92.7 cm³/mol. The van der Waals surface area contributed by atoms with Crippen LogP contribution in [-0.2, 0) is 4.79 Å². The molecule has 0 aliphatic heterocycles. The van der Waals surface area contributed by atoms with Crippen molar-refractivity contribution < 1.29 is 14.3 Å². The van der Waals surface area contributed by atoms with E-state index in [4.69, 9.17) is 21.1 Å². The minimum absolute atomic E-state index is 0.176. The van der Waals surface area contributed by atoms with Crippen molar-refractivity contribution >= 4 is 28.9 Å². The van der Waals surface area contributed by atoms with E-state index in [9.17, 15) is 4.79 Å². The molecule has 1 amide bonds. The molecule has 0 aliphatic carbocycles. The standard InChI is InChI=1S/C17H19ClN2O3/c1-11(17(21)20-13-6-4-5-12(18)9-13)19-15-8-7-14(22-2)10-16(15)23-3/h4-11,19H,1-3H3,(H,20,21)/t11-/m0/s1. The van der Waals surface area contributed by atoms with Crippen molar-refractivity contribution in [2.75, 3.05) is 24.9 Å². The summed E-state index contributed by atoms with van der Waals surface area (Å²) in [5.74, 6) is 1.11. The molecule has 5 nitrogen and oxygen atoms in total. The molecule has 2 aromatic carbocycles. The Balaban J connectivity index is 2.06. The predicted octanol–water partition coefficient (Wildman–Crippen LogP) is 3.80. The first-order valence-electron chi connectivity index (χ1n) is 7.08. The number of hydrogen-bond donors (Lipinski definition) is 2. The molecule has 0 unspecified atom stereocenters. The van der Waals surface area contributed by atoms with Gasteiger partial charge < -0.3 is 20.1 Å². The zero-order chi connectivity index (χ0) is 16.8. The van der Waals surface area contributed by atoms with Gasteiger partial charge in [0.05, 0.1) is 19.9 Å². The molecule has 2 rings (SSSR count). The van der Waals surface area contributed by atoms with Gasteiger partial charge in [-0.1, -0.05) is 17.7 Å². The molecule has 1 atom stereocenters. The fraction of sp³-hybridized carbons (Fsp3) is 0.235. The number of methoxy groups -OCH3 is 2. The van der Waals surface area contributed by atoms with Gasteiger partial charge in [0, 0.05) is 16.8 Å². The SMILES string of the molecule is COc1ccc(N[C@@H](C)C(=O)Nc2cccc(Cl)c2)c(OC)c1. The molecule has 0 saturated heterocycles. The first-order valence-corrected chi connectivity index (χ1v) is 7.46. The number of amides is 1. The monoisotopic (exact) mass is 334 g/mol. The second kappa shape index (κ2) is 7.74. The minimum Gasteiger partial charge on any atom is -0.497 e. The molecular weight excluding hydrogens is 316 g/mol. The molecule has 122 valence electrons. The van der Waals surface area contributed by atoms with Gasteiger partial charge in [-0.2, -0.15) is 0 Å². The van der Waals surface area contributed by atoms with Crippen LogP contribution in [0.3, 0.4) is 0 Å². The normalized spacial score (nSPS) is 11.5. The van der Waals surface area contributed by atoms with Crippen molar-refractivity contribution in [2.24, 2.45) is 0 Å². The van der Waals surface area contributed by atoms with Crippen LogP contribution in [0.4, 0.5) is 11.4 Å². The van der Waals surface area contributed by atoms with E-state index in [0.29, 0.717) is 27.9 Å². The van der Waals surface area contributed by atoms with Gasteiger partial charge in [-0.25, -0.2) is 0 Å². The van der Waals surface area contributed by atoms with Crippen LogP contribution in [-0.4, -0.2) is 26.2 Å². The van der Waals surface area contributed by atoms with Crippen molar-refractivity contribution in [1.82, 2.24) is 0 Å². The van der Waals surface area contributed by atoms with E-state index in [2.05, 4.69) is 10.6 Å². The van der Waals surface area contributed by atoms with Gasteiger partial charge in [0.25, 0.3) is 0 Å². The molecular formula is C17H19ClN2O3. The molecule has 2 aromatic rings. The number of carbonyl (C=O) groups is 1. The lowest BCUT2D eigenvalue weighted by atomic mass is 10.2. The van der Waals surface area contributed by atoms with E-state index >= 15 is 0 Å². The summed E-state index contributed by atoms with van der Waals surface area (Å²) in [7, 11) is 3.15. The number of hydrogen-bond acceptors (Lipinski definition) is 4. The van der Waals surface area contributed by atoms with Gasteiger partial charge in [-0.05, 0) is 37.3 Å². The summed E-state index contributed by atoms with van der Waals surface area (Å²) in [5.41, 5.74) is 1.36. The lowest BCUT2D eigenvalue weighted by Crippen LogP contribution is -2.32. The second-order valence-corrected chi connectivity index (χ2v) is 5.37. The highest BCUT2D eigenvalue weighted by molar-refractivity contribution is 6.30. The smallest absolute Gasteiger partial charge is 0.246 e. The van der Waals surface area contributed by atoms with E-state index in [1.54, 1.807) is 63.6 Å². The Morgan fingerprint density at radius 3 is 2.57 bits per heavy atom. The van der Waals surface area contributed by atoms with Gasteiger partial charge in [-0.15, -0.1) is 0 Å². The van der Waals surface area contributed by atoms with Crippen LogP contribution >= 0.6 is 11.6 Å². The summed E-state index contributed by atoms with van der Waals surface area (Å²) in [6.07, 6.45) is 0. The third-order valence-corrected chi connectivity index (χ3v) is 3.50. The number of benzene rings is 2. The molecule has 0 radical (unpaired) electrons. The topological polar surface area (TPSA) is 59.6 Å². The summed E-state index contributed by atoms with van der Waals surface area (Å²) in [5, 5.41) is 6.50. The third-order valence-electron chi connectivity index (χ3n) is 3.27. The van der Waals surface area contributed by atoms with Gasteiger partial charge in [0.15, 0.2) is 0 Å². The molecule has 23 heavy (non-hydrogen) atoms. The maximum Gasteiger partial charge on any atom is 0.246 e. The van der Waals surface area contributed by atoms with Crippen LogP contribution in [0.15, 0.2) is 42.5 Å². The lowest BCUT2D eigenvalue weighted by molar-refractivity contribution is -0.116. The average molecular weight is 335 g/mol. The quantitative estimate of drug-likeness (QED) is 0.843. The fourth-order valence-corrected chi connectivity index (χ4v) is 2.22. The van der Waals surface area contributed by atoms with Crippen molar-refractivity contribution in [3.8, 4) is 11.5 Å². The largest absolute Gasteiger partial charge is 0.497 e. The van der Waals surface area contributed by atoms with E-state index in [1.165, 1.54) is 0 Å². The molecule has 0 bridgehead atoms. The summed E-state index contributed by atoms with van der Waals surface area (Å²) in [6.45, 7) is 1.77. The summed E-state index contributed by atoms with van der Waals surface area (Å²) in [4.78, 5) is 12.3. The van der Waals surface area contributed by atoms with Crippen molar-refractivity contribution in [3.63, 3.8) is 0 Å². The highest BCUT2D eigenvalue weighted by Crippen LogP contribution is 2.29. The van der Waals surface area contributed by atoms with Gasteiger partial charge in [0.2, 0.25) is 5.91 Å². The Bertz CT molecular complexity index is 691. The van der Waals surface area contributed by atoms with Gasteiger partial charge in [-0.3, -0.25) is 4.79 Å². The maximum absolute atomic E-state index is 12.3. The van der Waals surface area contributed by atoms with Crippen LogP contribution < -0.4 is 20.1 Å². The maximum atomic E-state index is 12.3. The minimum atomic E-state index is -0.462. The van der Waals surface area contributed by atoms with Crippen LogP contribution in [0.25, 0.3) is 0 Å². The average Bonchev–Trinajstić information content (AvgIpc) is 2.55. The Morgan fingerprint density at radius 2 is 1.91 bits per heavy atom. The molecule has 0 aromatic heterocycles. The van der Waals surface area contributed by atoms with Crippen LogP contribution in [0.5, 0.6) is 11.5 Å². The summed E-state index contributed by atoms with van der Waals surface area (Å²) in [6, 6.07) is 11.9. The molecule has 6 heteroatoms. The number of ether oxygens (including phenoxy) is 2. The van der Waals surface area contributed by atoms with Gasteiger partial charge >= 0.3 is 0 Å². The number of carbonyl (C=O) groups excluding carboxylic acids is 1. The fourth-order valence-electron chi connectivity index (χ4n) is 2.03.